The molecule has 1 amide bonds. The molecule has 6 nitrogen and oxygen atoms in total. The number of nitrogens with zero attached hydrogens (tertiary/aromatic N) is 5. The number of hydrogen-bond donors (Lipinski definition) is 0. The molecule has 0 unspecified atom stereocenters. The highest BCUT2D eigenvalue weighted by Crippen LogP contribution is 2.30. The summed E-state index contributed by atoms with van der Waals surface area (Å²) < 4.78 is 52.8. The van der Waals surface area contributed by atoms with Crippen molar-refractivity contribution >= 4 is 17.4 Å². The Bertz CT molecular complexity index is 827. The number of amides is 1. The lowest BCUT2D eigenvalue weighted by atomic mass is 10.2. The molecule has 3 rings (SSSR count). The maximum Gasteiger partial charge on any atom is 0.433 e. The van der Waals surface area contributed by atoms with Gasteiger partial charge in [-0.25, -0.2) is 14.4 Å². The standard InChI is InChI=1S/C16H15F4N5O/c1-2-11-14(17)15(23-9-22-11)24-5-6-25(13(26)8-24)10-3-4-21-12(7-10)16(18,19)20/h3-4,7,9H,2,5-6,8H2,1H3. The van der Waals surface area contributed by atoms with Crippen molar-refractivity contribution in [2.45, 2.75) is 19.5 Å². The van der Waals surface area contributed by atoms with Crippen molar-refractivity contribution in [2.75, 3.05) is 29.4 Å². The molecular weight excluding hydrogens is 354 g/mol. The number of aryl methyl sites for hydroxylation is 1. The highest BCUT2D eigenvalue weighted by atomic mass is 19.4. The number of carbonyl (C=O) groups is 1. The molecule has 0 aliphatic carbocycles. The van der Waals surface area contributed by atoms with Crippen LogP contribution < -0.4 is 9.80 Å². The van der Waals surface area contributed by atoms with Crippen LogP contribution in [-0.4, -0.2) is 40.5 Å². The monoisotopic (exact) mass is 369 g/mol. The van der Waals surface area contributed by atoms with Gasteiger partial charge in [0.05, 0.1) is 12.2 Å². The first kappa shape index (κ1) is 18.0. The Balaban J connectivity index is 1.81. The molecule has 1 saturated heterocycles. The predicted octanol–water partition coefficient (Wildman–Crippen LogP) is 2.45. The van der Waals surface area contributed by atoms with Crippen molar-refractivity contribution in [3.8, 4) is 0 Å². The second-order valence-corrected chi connectivity index (χ2v) is 5.68. The van der Waals surface area contributed by atoms with E-state index in [1.165, 1.54) is 22.2 Å². The second-order valence-electron chi connectivity index (χ2n) is 5.68. The molecule has 0 spiro atoms. The fourth-order valence-electron chi connectivity index (χ4n) is 2.73. The molecule has 1 fully saturated rings. The number of alkyl halides is 3. The summed E-state index contributed by atoms with van der Waals surface area (Å²) in [5, 5.41) is 0. The number of rotatable bonds is 3. The summed E-state index contributed by atoms with van der Waals surface area (Å²) in [6, 6.07) is 2.16. The Kier molecular flexibility index (Phi) is 4.75. The van der Waals surface area contributed by atoms with Crippen LogP contribution in [0.3, 0.4) is 0 Å². The minimum atomic E-state index is -4.60. The molecule has 0 aromatic carbocycles. The van der Waals surface area contributed by atoms with Gasteiger partial charge in [-0.2, -0.15) is 13.2 Å². The molecule has 2 aromatic heterocycles. The first-order valence-corrected chi connectivity index (χ1v) is 7.89. The van der Waals surface area contributed by atoms with Crippen molar-refractivity contribution in [3.05, 3.63) is 41.9 Å². The van der Waals surface area contributed by atoms with E-state index in [1.54, 1.807) is 6.92 Å². The minimum absolute atomic E-state index is 0.0237. The molecular formula is C16H15F4N5O. The topological polar surface area (TPSA) is 62.2 Å². The van der Waals surface area contributed by atoms with Crippen molar-refractivity contribution in [1.29, 1.82) is 0 Å². The SMILES string of the molecule is CCc1ncnc(N2CCN(c3ccnc(C(F)(F)F)c3)C(=O)C2)c1F. The Hall–Kier alpha value is -2.78. The van der Waals surface area contributed by atoms with Crippen LogP contribution in [0, 0.1) is 5.82 Å². The number of anilines is 2. The summed E-state index contributed by atoms with van der Waals surface area (Å²) in [6.45, 7) is 1.89. The van der Waals surface area contributed by atoms with Crippen LogP contribution in [0.1, 0.15) is 18.3 Å². The number of carbonyl (C=O) groups excluding carboxylic acids is 1. The van der Waals surface area contributed by atoms with E-state index >= 15 is 0 Å². The molecule has 1 aliphatic rings. The van der Waals surface area contributed by atoms with Crippen LogP contribution >= 0.6 is 0 Å². The summed E-state index contributed by atoms with van der Waals surface area (Å²) in [5.41, 5.74) is -0.720. The van der Waals surface area contributed by atoms with Crippen LogP contribution in [0.2, 0.25) is 0 Å². The van der Waals surface area contributed by atoms with E-state index in [0.717, 1.165) is 12.3 Å². The van der Waals surface area contributed by atoms with Crippen LogP contribution in [0.5, 0.6) is 0 Å². The number of aromatic nitrogens is 3. The van der Waals surface area contributed by atoms with E-state index in [1.807, 2.05) is 0 Å². The van der Waals surface area contributed by atoms with Crippen LogP contribution in [0.25, 0.3) is 0 Å². The molecule has 26 heavy (non-hydrogen) atoms. The molecule has 138 valence electrons. The van der Waals surface area contributed by atoms with E-state index in [0.29, 0.717) is 6.42 Å². The largest absolute Gasteiger partial charge is 0.433 e. The molecule has 0 bridgehead atoms. The third kappa shape index (κ3) is 3.44. The predicted molar refractivity (Wildman–Crippen MR) is 85.2 cm³/mol. The third-order valence-corrected chi connectivity index (χ3v) is 4.04. The van der Waals surface area contributed by atoms with Gasteiger partial charge in [-0.1, -0.05) is 6.92 Å². The van der Waals surface area contributed by atoms with Gasteiger partial charge in [0.1, 0.15) is 12.0 Å². The zero-order valence-electron chi connectivity index (χ0n) is 13.8. The van der Waals surface area contributed by atoms with Crippen molar-refractivity contribution in [1.82, 2.24) is 15.0 Å². The average molecular weight is 369 g/mol. The second kappa shape index (κ2) is 6.85. The van der Waals surface area contributed by atoms with Gasteiger partial charge in [-0.15, -0.1) is 0 Å². The Morgan fingerprint density at radius 2 is 1.96 bits per heavy atom. The summed E-state index contributed by atoms with van der Waals surface area (Å²) in [5.74, 6) is -1.01. The van der Waals surface area contributed by atoms with Gasteiger partial charge in [-0.3, -0.25) is 9.78 Å². The summed E-state index contributed by atoms with van der Waals surface area (Å²) in [4.78, 5) is 26.1. The molecule has 0 atom stereocenters. The fraction of sp³-hybridized carbons (Fsp3) is 0.375. The zero-order chi connectivity index (χ0) is 18.9. The first-order chi connectivity index (χ1) is 12.3. The molecule has 0 N–H and O–H groups in total. The number of hydrogen-bond acceptors (Lipinski definition) is 5. The molecule has 3 heterocycles. The third-order valence-electron chi connectivity index (χ3n) is 4.04. The maximum atomic E-state index is 14.4. The smallest absolute Gasteiger partial charge is 0.343 e. The lowest BCUT2D eigenvalue weighted by Crippen LogP contribution is -2.51. The highest BCUT2D eigenvalue weighted by Gasteiger charge is 2.34. The molecule has 0 radical (unpaired) electrons. The zero-order valence-corrected chi connectivity index (χ0v) is 13.8. The Morgan fingerprint density at radius 1 is 1.19 bits per heavy atom. The molecule has 1 aliphatic heterocycles. The lowest BCUT2D eigenvalue weighted by Gasteiger charge is -2.35. The summed E-state index contributed by atoms with van der Waals surface area (Å²) >= 11 is 0. The number of halogens is 4. The van der Waals surface area contributed by atoms with E-state index in [4.69, 9.17) is 0 Å². The molecule has 0 saturated carbocycles. The van der Waals surface area contributed by atoms with Crippen LogP contribution in [-0.2, 0) is 17.4 Å². The van der Waals surface area contributed by atoms with Crippen molar-refractivity contribution in [2.24, 2.45) is 0 Å². The van der Waals surface area contributed by atoms with Crippen molar-refractivity contribution in [3.63, 3.8) is 0 Å². The van der Waals surface area contributed by atoms with E-state index in [2.05, 4.69) is 15.0 Å². The van der Waals surface area contributed by atoms with Gasteiger partial charge < -0.3 is 9.80 Å². The number of pyridine rings is 1. The average Bonchev–Trinajstić information content (AvgIpc) is 2.61. The molecule has 2 aromatic rings. The lowest BCUT2D eigenvalue weighted by molar-refractivity contribution is -0.141. The molecule has 10 heteroatoms. The highest BCUT2D eigenvalue weighted by molar-refractivity contribution is 5.97. The maximum absolute atomic E-state index is 14.4. The van der Waals surface area contributed by atoms with Gasteiger partial charge in [0.25, 0.3) is 0 Å². The summed E-state index contributed by atoms with van der Waals surface area (Å²) in [7, 11) is 0. The van der Waals surface area contributed by atoms with Gasteiger partial charge in [0, 0.05) is 25.0 Å². The normalized spacial score (nSPS) is 15.5. The van der Waals surface area contributed by atoms with Gasteiger partial charge in [0.15, 0.2) is 11.6 Å². The summed E-state index contributed by atoms with van der Waals surface area (Å²) in [6.07, 6.45) is -1.98. The van der Waals surface area contributed by atoms with Gasteiger partial charge in [-0.05, 0) is 18.6 Å². The van der Waals surface area contributed by atoms with E-state index in [-0.39, 0.29) is 36.8 Å². The van der Waals surface area contributed by atoms with E-state index < -0.39 is 23.6 Å². The first-order valence-electron chi connectivity index (χ1n) is 7.89. The minimum Gasteiger partial charge on any atom is -0.343 e. The van der Waals surface area contributed by atoms with Gasteiger partial charge in [0.2, 0.25) is 5.91 Å². The van der Waals surface area contributed by atoms with E-state index in [9.17, 15) is 22.4 Å². The quantitative estimate of drug-likeness (QED) is 0.778. The number of piperazine rings is 1. The van der Waals surface area contributed by atoms with Crippen LogP contribution in [0.15, 0.2) is 24.7 Å². The Morgan fingerprint density at radius 3 is 2.62 bits per heavy atom. The van der Waals surface area contributed by atoms with Crippen LogP contribution in [0.4, 0.5) is 29.1 Å². The van der Waals surface area contributed by atoms with Gasteiger partial charge >= 0.3 is 6.18 Å². The van der Waals surface area contributed by atoms with Crippen molar-refractivity contribution < 1.29 is 22.4 Å². The Labute approximate surface area is 146 Å². The fourth-order valence-corrected chi connectivity index (χ4v) is 2.73.